The van der Waals surface area contributed by atoms with Gasteiger partial charge in [0.2, 0.25) is 5.91 Å². The molecule has 118 valence electrons. The van der Waals surface area contributed by atoms with E-state index in [1.54, 1.807) is 19.2 Å². The molecule has 0 aromatic heterocycles. The van der Waals surface area contributed by atoms with E-state index in [9.17, 15) is 13.6 Å². The van der Waals surface area contributed by atoms with Gasteiger partial charge in [-0.15, -0.1) is 0 Å². The fourth-order valence-corrected chi connectivity index (χ4v) is 1.74. The highest BCUT2D eigenvalue weighted by Crippen LogP contribution is 2.29. The summed E-state index contributed by atoms with van der Waals surface area (Å²) < 4.78 is 34.0. The lowest BCUT2D eigenvalue weighted by Crippen LogP contribution is -2.28. The summed E-state index contributed by atoms with van der Waals surface area (Å²) in [6, 6.07) is 4.80. The molecule has 0 radical (unpaired) electrons. The Balaban J connectivity index is 2.53. The molecule has 1 amide bonds. The fourth-order valence-electron chi connectivity index (χ4n) is 1.74. The summed E-state index contributed by atoms with van der Waals surface area (Å²) in [7, 11) is 3.16. The summed E-state index contributed by atoms with van der Waals surface area (Å²) >= 11 is 0. The van der Waals surface area contributed by atoms with Crippen molar-refractivity contribution in [2.75, 3.05) is 27.2 Å². The minimum Gasteiger partial charge on any atom is -0.493 e. The molecular weight excluding hydrogens is 282 g/mol. The third kappa shape index (κ3) is 6.40. The van der Waals surface area contributed by atoms with E-state index in [4.69, 9.17) is 4.74 Å². The molecule has 0 spiro atoms. The molecule has 2 N–H and O–H groups in total. The van der Waals surface area contributed by atoms with Crippen molar-refractivity contribution in [2.24, 2.45) is 0 Å². The van der Waals surface area contributed by atoms with Crippen molar-refractivity contribution in [1.29, 1.82) is 0 Å². The molecule has 1 aromatic carbocycles. The monoisotopic (exact) mass is 302 g/mol. The van der Waals surface area contributed by atoms with Crippen molar-refractivity contribution >= 4 is 5.91 Å². The standard InChI is InChI=1S/C14H20F2N2O3/c1-17-7-6-13(19)18-8-5-10-3-4-11(20-2)12(9-10)21-14(15)16/h3-4,9,14,17H,5-8H2,1-2H3,(H,18,19). The minimum atomic E-state index is -2.91. The number of hydrogen-bond donors (Lipinski definition) is 2. The predicted molar refractivity (Wildman–Crippen MR) is 74.9 cm³/mol. The van der Waals surface area contributed by atoms with E-state index >= 15 is 0 Å². The molecule has 1 aromatic rings. The van der Waals surface area contributed by atoms with Crippen LogP contribution in [-0.2, 0) is 11.2 Å². The summed E-state index contributed by atoms with van der Waals surface area (Å²) in [4.78, 5) is 11.4. The maximum atomic E-state index is 12.3. The second kappa shape index (κ2) is 9.12. The number of benzene rings is 1. The maximum absolute atomic E-state index is 12.3. The van der Waals surface area contributed by atoms with Crippen LogP contribution < -0.4 is 20.1 Å². The first-order valence-corrected chi connectivity index (χ1v) is 6.60. The van der Waals surface area contributed by atoms with Gasteiger partial charge in [-0.2, -0.15) is 8.78 Å². The first kappa shape index (κ1) is 17.2. The van der Waals surface area contributed by atoms with Crippen LogP contribution in [0.3, 0.4) is 0 Å². The van der Waals surface area contributed by atoms with Crippen LogP contribution in [0.25, 0.3) is 0 Å². The van der Waals surface area contributed by atoms with Crippen LogP contribution in [0.4, 0.5) is 8.78 Å². The lowest BCUT2D eigenvalue weighted by Gasteiger charge is -2.12. The van der Waals surface area contributed by atoms with Crippen LogP contribution in [0, 0.1) is 0 Å². The summed E-state index contributed by atoms with van der Waals surface area (Å²) in [5, 5.41) is 5.64. The molecule has 0 aliphatic heterocycles. The lowest BCUT2D eigenvalue weighted by molar-refractivity contribution is -0.120. The van der Waals surface area contributed by atoms with Crippen molar-refractivity contribution in [3.63, 3.8) is 0 Å². The van der Waals surface area contributed by atoms with E-state index in [0.717, 1.165) is 5.56 Å². The van der Waals surface area contributed by atoms with Crippen LogP contribution in [-0.4, -0.2) is 39.8 Å². The van der Waals surface area contributed by atoms with Gasteiger partial charge in [-0.05, 0) is 31.2 Å². The van der Waals surface area contributed by atoms with Gasteiger partial charge < -0.3 is 20.1 Å². The zero-order valence-corrected chi connectivity index (χ0v) is 12.1. The highest BCUT2D eigenvalue weighted by molar-refractivity contribution is 5.76. The van der Waals surface area contributed by atoms with Crippen LogP contribution in [0.15, 0.2) is 18.2 Å². The SMILES string of the molecule is CNCCC(=O)NCCc1ccc(OC)c(OC(F)F)c1. The highest BCUT2D eigenvalue weighted by Gasteiger charge is 2.11. The van der Waals surface area contributed by atoms with Crippen molar-refractivity contribution in [1.82, 2.24) is 10.6 Å². The quantitative estimate of drug-likeness (QED) is 0.727. The number of nitrogens with one attached hydrogen (secondary N) is 2. The predicted octanol–water partition coefficient (Wildman–Crippen LogP) is 1.56. The Kier molecular flexibility index (Phi) is 7.45. The van der Waals surface area contributed by atoms with Gasteiger partial charge >= 0.3 is 6.61 Å². The molecule has 21 heavy (non-hydrogen) atoms. The molecule has 0 atom stereocenters. The number of methoxy groups -OCH3 is 1. The van der Waals surface area contributed by atoms with Gasteiger partial charge in [-0.25, -0.2) is 0 Å². The van der Waals surface area contributed by atoms with E-state index in [1.807, 2.05) is 0 Å². The van der Waals surface area contributed by atoms with Gasteiger partial charge in [0.05, 0.1) is 7.11 Å². The maximum Gasteiger partial charge on any atom is 0.387 e. The lowest BCUT2D eigenvalue weighted by atomic mass is 10.1. The zero-order chi connectivity index (χ0) is 15.7. The van der Waals surface area contributed by atoms with Gasteiger partial charge in [0.25, 0.3) is 0 Å². The van der Waals surface area contributed by atoms with E-state index in [1.165, 1.54) is 13.2 Å². The number of alkyl halides is 2. The number of rotatable bonds is 9. The van der Waals surface area contributed by atoms with E-state index in [0.29, 0.717) is 25.9 Å². The number of ether oxygens (including phenoxy) is 2. The number of carbonyl (C=O) groups excluding carboxylic acids is 1. The molecule has 0 heterocycles. The van der Waals surface area contributed by atoms with Gasteiger partial charge in [0.15, 0.2) is 11.5 Å². The Morgan fingerprint density at radius 2 is 2.05 bits per heavy atom. The van der Waals surface area contributed by atoms with Gasteiger partial charge in [-0.3, -0.25) is 4.79 Å². The molecule has 0 saturated carbocycles. The van der Waals surface area contributed by atoms with Crippen molar-refractivity contribution in [3.8, 4) is 11.5 Å². The van der Waals surface area contributed by atoms with Crippen molar-refractivity contribution in [3.05, 3.63) is 23.8 Å². The molecular formula is C14H20F2N2O3. The van der Waals surface area contributed by atoms with E-state index < -0.39 is 6.61 Å². The van der Waals surface area contributed by atoms with Crippen LogP contribution >= 0.6 is 0 Å². The normalized spacial score (nSPS) is 10.5. The Labute approximate surface area is 122 Å². The molecule has 0 bridgehead atoms. The molecule has 0 aliphatic carbocycles. The molecule has 0 saturated heterocycles. The van der Waals surface area contributed by atoms with Crippen LogP contribution in [0.2, 0.25) is 0 Å². The fraction of sp³-hybridized carbons (Fsp3) is 0.500. The summed E-state index contributed by atoms with van der Waals surface area (Å²) in [6.45, 7) is -1.86. The second-order valence-corrected chi connectivity index (χ2v) is 4.32. The third-order valence-corrected chi connectivity index (χ3v) is 2.78. The minimum absolute atomic E-state index is 0.00786. The third-order valence-electron chi connectivity index (χ3n) is 2.78. The first-order valence-electron chi connectivity index (χ1n) is 6.60. The summed E-state index contributed by atoms with van der Waals surface area (Å²) in [6.07, 6.45) is 0.924. The molecule has 0 unspecified atom stereocenters. The number of hydrogen-bond acceptors (Lipinski definition) is 4. The van der Waals surface area contributed by atoms with Crippen LogP contribution in [0.1, 0.15) is 12.0 Å². The molecule has 5 nitrogen and oxygen atoms in total. The molecule has 0 aliphatic rings. The van der Waals surface area contributed by atoms with Crippen LogP contribution in [0.5, 0.6) is 11.5 Å². The topological polar surface area (TPSA) is 59.6 Å². The van der Waals surface area contributed by atoms with Crippen molar-refractivity contribution in [2.45, 2.75) is 19.5 Å². The van der Waals surface area contributed by atoms with E-state index in [2.05, 4.69) is 15.4 Å². The average molecular weight is 302 g/mol. The molecule has 1 rings (SSSR count). The highest BCUT2D eigenvalue weighted by atomic mass is 19.3. The summed E-state index contributed by atoms with van der Waals surface area (Å²) in [5.74, 6) is 0.186. The smallest absolute Gasteiger partial charge is 0.387 e. The van der Waals surface area contributed by atoms with Crippen molar-refractivity contribution < 1.29 is 23.0 Å². The van der Waals surface area contributed by atoms with Gasteiger partial charge in [0.1, 0.15) is 0 Å². The number of amides is 1. The number of halogens is 2. The molecule has 0 fully saturated rings. The Hall–Kier alpha value is -1.89. The Morgan fingerprint density at radius 3 is 2.67 bits per heavy atom. The average Bonchev–Trinajstić information content (AvgIpc) is 2.45. The van der Waals surface area contributed by atoms with Gasteiger partial charge in [-0.1, -0.05) is 6.07 Å². The second-order valence-electron chi connectivity index (χ2n) is 4.32. The van der Waals surface area contributed by atoms with E-state index in [-0.39, 0.29) is 17.4 Å². The largest absolute Gasteiger partial charge is 0.493 e. The number of carbonyl (C=O) groups is 1. The first-order chi connectivity index (χ1) is 10.1. The Bertz CT molecular complexity index is 456. The molecule has 7 heteroatoms. The van der Waals surface area contributed by atoms with Gasteiger partial charge in [0, 0.05) is 19.5 Å². The zero-order valence-electron chi connectivity index (χ0n) is 12.1. The summed E-state index contributed by atoms with van der Waals surface area (Å²) in [5.41, 5.74) is 0.778. The Morgan fingerprint density at radius 1 is 1.29 bits per heavy atom.